The molecule has 1 saturated heterocycles. The van der Waals surface area contributed by atoms with Crippen molar-refractivity contribution in [2.45, 2.75) is 30.2 Å². The molecule has 5 nitrogen and oxygen atoms in total. The van der Waals surface area contributed by atoms with Crippen molar-refractivity contribution >= 4 is 10.0 Å². The zero-order valence-electron chi connectivity index (χ0n) is 9.20. The molecule has 1 aliphatic heterocycles. The van der Waals surface area contributed by atoms with Crippen molar-refractivity contribution in [3.63, 3.8) is 0 Å². The molecule has 88 valence electrons. The van der Waals surface area contributed by atoms with Crippen LogP contribution in [0, 0.1) is 5.92 Å². The van der Waals surface area contributed by atoms with Gasteiger partial charge in [-0.3, -0.25) is 4.68 Å². The van der Waals surface area contributed by atoms with Crippen molar-refractivity contribution < 1.29 is 8.42 Å². The molecule has 1 aliphatic carbocycles. The van der Waals surface area contributed by atoms with Crippen molar-refractivity contribution in [3.05, 3.63) is 12.4 Å². The summed E-state index contributed by atoms with van der Waals surface area (Å²) >= 11 is 0. The second-order valence-corrected chi connectivity index (χ2v) is 6.65. The lowest BCUT2D eigenvalue weighted by Gasteiger charge is -2.25. The Morgan fingerprint density at radius 2 is 2.25 bits per heavy atom. The Morgan fingerprint density at radius 3 is 2.75 bits per heavy atom. The summed E-state index contributed by atoms with van der Waals surface area (Å²) < 4.78 is 27.8. The van der Waals surface area contributed by atoms with Crippen LogP contribution >= 0.6 is 0 Å². The van der Waals surface area contributed by atoms with Crippen LogP contribution in [-0.4, -0.2) is 35.1 Å². The van der Waals surface area contributed by atoms with Gasteiger partial charge in [-0.25, -0.2) is 8.42 Å². The molecule has 1 saturated carbocycles. The quantitative estimate of drug-likeness (QED) is 0.761. The van der Waals surface area contributed by atoms with E-state index in [1.165, 1.54) is 17.3 Å². The standard InChI is InChI=1S/C10H15N3O2S/c1-12-7-10(5-11-12)16(14,15)13-6-8-2-3-9(13)4-8/h5,7-9H,2-4,6H2,1H3. The van der Waals surface area contributed by atoms with Gasteiger partial charge in [-0.2, -0.15) is 9.40 Å². The number of nitrogens with zero attached hydrogens (tertiary/aromatic N) is 3. The molecule has 6 heteroatoms. The Hall–Kier alpha value is -0.880. The fourth-order valence-electron chi connectivity index (χ4n) is 2.84. The molecule has 0 aromatic carbocycles. The molecule has 0 spiro atoms. The summed E-state index contributed by atoms with van der Waals surface area (Å²) in [6.45, 7) is 0.696. The molecule has 16 heavy (non-hydrogen) atoms. The third kappa shape index (κ3) is 1.40. The first-order valence-electron chi connectivity index (χ1n) is 5.58. The zero-order valence-corrected chi connectivity index (χ0v) is 10.0. The summed E-state index contributed by atoms with van der Waals surface area (Å²) in [4.78, 5) is 0.322. The van der Waals surface area contributed by atoms with Crippen molar-refractivity contribution in [1.29, 1.82) is 0 Å². The Labute approximate surface area is 95.1 Å². The van der Waals surface area contributed by atoms with Crippen LogP contribution in [-0.2, 0) is 17.1 Å². The molecule has 0 radical (unpaired) electrons. The van der Waals surface area contributed by atoms with Crippen LogP contribution in [0.15, 0.2) is 17.3 Å². The lowest BCUT2D eigenvalue weighted by atomic mass is 10.1. The summed E-state index contributed by atoms with van der Waals surface area (Å²) in [6.07, 6.45) is 6.25. The molecule has 1 aromatic heterocycles. The largest absolute Gasteiger partial charge is 0.274 e. The van der Waals surface area contributed by atoms with Gasteiger partial charge in [-0.1, -0.05) is 0 Å². The van der Waals surface area contributed by atoms with E-state index in [-0.39, 0.29) is 6.04 Å². The van der Waals surface area contributed by atoms with Gasteiger partial charge in [0.2, 0.25) is 10.0 Å². The first-order chi connectivity index (χ1) is 7.57. The highest BCUT2D eigenvalue weighted by atomic mass is 32.2. The predicted octanol–water partition coefficient (Wildman–Crippen LogP) is 0.593. The molecule has 1 aromatic rings. The molecular weight excluding hydrogens is 226 g/mol. The Balaban J connectivity index is 1.94. The number of sulfonamides is 1. The van der Waals surface area contributed by atoms with E-state index in [4.69, 9.17) is 0 Å². The molecule has 2 unspecified atom stereocenters. The van der Waals surface area contributed by atoms with Gasteiger partial charge in [-0.05, 0) is 25.2 Å². The van der Waals surface area contributed by atoms with Crippen LogP contribution in [0.2, 0.25) is 0 Å². The van der Waals surface area contributed by atoms with Crippen molar-refractivity contribution in [3.8, 4) is 0 Å². The molecule has 2 bridgehead atoms. The molecule has 2 heterocycles. The molecule has 0 N–H and O–H groups in total. The number of fused-ring (bicyclic) bond motifs is 2. The van der Waals surface area contributed by atoms with E-state index in [9.17, 15) is 8.42 Å². The van der Waals surface area contributed by atoms with Crippen LogP contribution in [0.5, 0.6) is 0 Å². The lowest BCUT2D eigenvalue weighted by Crippen LogP contribution is -2.37. The van der Waals surface area contributed by atoms with Crippen LogP contribution in [0.1, 0.15) is 19.3 Å². The Kier molecular flexibility index (Phi) is 2.12. The van der Waals surface area contributed by atoms with Gasteiger partial charge in [0, 0.05) is 25.8 Å². The summed E-state index contributed by atoms with van der Waals surface area (Å²) in [5.74, 6) is 0.580. The second-order valence-electron chi connectivity index (χ2n) is 4.76. The normalized spacial score (nSPS) is 30.1. The molecule has 2 aliphatic rings. The highest BCUT2D eigenvalue weighted by Crippen LogP contribution is 2.40. The van der Waals surface area contributed by atoms with E-state index < -0.39 is 10.0 Å². The van der Waals surface area contributed by atoms with Crippen LogP contribution in [0.4, 0.5) is 0 Å². The SMILES string of the molecule is Cn1cc(S(=O)(=O)N2CC3CCC2C3)cn1. The fourth-order valence-corrected chi connectivity index (χ4v) is 4.57. The monoisotopic (exact) mass is 241 g/mol. The molecule has 3 rings (SSSR count). The van der Waals surface area contributed by atoms with Gasteiger partial charge in [0.05, 0.1) is 6.20 Å². The van der Waals surface area contributed by atoms with Crippen molar-refractivity contribution in [2.75, 3.05) is 6.54 Å². The second kappa shape index (κ2) is 3.30. The van der Waals surface area contributed by atoms with Gasteiger partial charge in [0.15, 0.2) is 0 Å². The first-order valence-corrected chi connectivity index (χ1v) is 7.02. The highest BCUT2D eigenvalue weighted by molar-refractivity contribution is 7.89. The van der Waals surface area contributed by atoms with Gasteiger partial charge in [-0.15, -0.1) is 0 Å². The fraction of sp³-hybridized carbons (Fsp3) is 0.700. The van der Waals surface area contributed by atoms with Gasteiger partial charge in [0.25, 0.3) is 0 Å². The third-order valence-corrected chi connectivity index (χ3v) is 5.52. The first kappa shape index (κ1) is 10.3. The van der Waals surface area contributed by atoms with Crippen LogP contribution < -0.4 is 0 Å². The maximum absolute atomic E-state index is 12.3. The third-order valence-electron chi connectivity index (χ3n) is 3.65. The number of aromatic nitrogens is 2. The molecule has 0 amide bonds. The van der Waals surface area contributed by atoms with Crippen LogP contribution in [0.3, 0.4) is 0 Å². The number of hydrogen-bond donors (Lipinski definition) is 0. The number of rotatable bonds is 2. The number of hydrogen-bond acceptors (Lipinski definition) is 3. The Morgan fingerprint density at radius 1 is 1.44 bits per heavy atom. The average Bonchev–Trinajstić information content (AvgIpc) is 2.91. The lowest BCUT2D eigenvalue weighted by molar-refractivity contribution is 0.333. The summed E-state index contributed by atoms with van der Waals surface area (Å²) in [5, 5.41) is 3.93. The van der Waals surface area contributed by atoms with E-state index in [0.29, 0.717) is 17.4 Å². The van der Waals surface area contributed by atoms with E-state index in [1.807, 2.05) is 0 Å². The topological polar surface area (TPSA) is 55.2 Å². The summed E-state index contributed by atoms with van der Waals surface area (Å²) in [6, 6.07) is 0.232. The molecule has 2 fully saturated rings. The predicted molar refractivity (Wildman–Crippen MR) is 58.2 cm³/mol. The minimum Gasteiger partial charge on any atom is -0.274 e. The Bertz CT molecular complexity index is 508. The van der Waals surface area contributed by atoms with E-state index in [1.54, 1.807) is 17.5 Å². The molecule has 2 atom stereocenters. The van der Waals surface area contributed by atoms with E-state index in [0.717, 1.165) is 12.8 Å². The smallest absolute Gasteiger partial charge is 0.246 e. The maximum Gasteiger partial charge on any atom is 0.246 e. The number of piperidine rings is 1. The van der Waals surface area contributed by atoms with Crippen molar-refractivity contribution in [2.24, 2.45) is 13.0 Å². The highest BCUT2D eigenvalue weighted by Gasteiger charge is 2.44. The minimum atomic E-state index is -3.30. The maximum atomic E-state index is 12.3. The van der Waals surface area contributed by atoms with E-state index >= 15 is 0 Å². The molecular formula is C10H15N3O2S. The van der Waals surface area contributed by atoms with Gasteiger partial charge >= 0.3 is 0 Å². The zero-order chi connectivity index (χ0) is 11.3. The van der Waals surface area contributed by atoms with Crippen molar-refractivity contribution in [1.82, 2.24) is 14.1 Å². The summed E-state index contributed by atoms with van der Waals surface area (Å²) in [5.41, 5.74) is 0. The van der Waals surface area contributed by atoms with Gasteiger partial charge < -0.3 is 0 Å². The minimum absolute atomic E-state index is 0.232. The van der Waals surface area contributed by atoms with E-state index in [2.05, 4.69) is 5.10 Å². The summed E-state index contributed by atoms with van der Waals surface area (Å²) in [7, 11) is -1.57. The van der Waals surface area contributed by atoms with Crippen LogP contribution in [0.25, 0.3) is 0 Å². The van der Waals surface area contributed by atoms with Gasteiger partial charge in [0.1, 0.15) is 4.90 Å². The average molecular weight is 241 g/mol. The number of aryl methyl sites for hydroxylation is 1.